The fourth-order valence-corrected chi connectivity index (χ4v) is 2.10. The standard InChI is InChI=1S/C13H14BNO3/c16-13-7-6-12(18-13)11(15-9-14-17)8-10-4-2-1-3-5-10/h1-5,9,11-12H,6-8H2. The summed E-state index contributed by atoms with van der Waals surface area (Å²) in [5.41, 5.74) is 1.12. The molecule has 5 heteroatoms. The first-order valence-corrected chi connectivity index (χ1v) is 6.00. The van der Waals surface area contributed by atoms with Gasteiger partial charge in [-0.1, -0.05) is 0 Å². The van der Waals surface area contributed by atoms with Gasteiger partial charge in [-0.15, -0.1) is 0 Å². The van der Waals surface area contributed by atoms with E-state index in [1.54, 1.807) is 0 Å². The monoisotopic (exact) mass is 243 g/mol. The van der Waals surface area contributed by atoms with Crippen molar-refractivity contribution < 1.29 is 14.2 Å². The fourth-order valence-electron chi connectivity index (χ4n) is 2.10. The first-order valence-electron chi connectivity index (χ1n) is 6.00. The molecule has 2 rings (SSSR count). The molecule has 1 heterocycles. The number of carbonyl (C=O) groups excluding carboxylic acids is 1. The molecule has 2 atom stereocenters. The number of benzene rings is 1. The van der Waals surface area contributed by atoms with Gasteiger partial charge in [0.2, 0.25) is 0 Å². The van der Waals surface area contributed by atoms with Crippen LogP contribution in [0.4, 0.5) is 0 Å². The molecule has 0 aliphatic carbocycles. The summed E-state index contributed by atoms with van der Waals surface area (Å²) >= 11 is 0. The van der Waals surface area contributed by atoms with Crippen LogP contribution in [0.2, 0.25) is 0 Å². The summed E-state index contributed by atoms with van der Waals surface area (Å²) in [6.45, 7) is 0. The van der Waals surface area contributed by atoms with E-state index in [1.807, 2.05) is 30.3 Å². The SMILES string of the molecule is O=BC=NC(Cc1ccccc1)C1CCC(=O)O1. The minimum atomic E-state index is -0.214. The Morgan fingerprint density at radius 2 is 2.22 bits per heavy atom. The second kappa shape index (κ2) is 6.24. The van der Waals surface area contributed by atoms with Crippen LogP contribution in [0.25, 0.3) is 0 Å². The van der Waals surface area contributed by atoms with Crippen LogP contribution in [-0.4, -0.2) is 31.4 Å². The number of aliphatic imine (C=N–C) groups is 1. The predicted octanol–water partition coefficient (Wildman–Crippen LogP) is 1.38. The van der Waals surface area contributed by atoms with Crippen LogP contribution in [0, 0.1) is 0 Å². The third-order valence-corrected chi connectivity index (χ3v) is 2.97. The molecule has 0 amide bonds. The molecule has 4 nitrogen and oxygen atoms in total. The summed E-state index contributed by atoms with van der Waals surface area (Å²) in [4.78, 5) is 15.3. The van der Waals surface area contributed by atoms with E-state index in [0.717, 1.165) is 5.56 Å². The number of hydrogen-bond acceptors (Lipinski definition) is 4. The Kier molecular flexibility index (Phi) is 4.39. The van der Waals surface area contributed by atoms with Gasteiger partial charge in [-0.25, -0.2) is 0 Å². The van der Waals surface area contributed by atoms with Crippen molar-refractivity contribution in [2.45, 2.75) is 31.4 Å². The van der Waals surface area contributed by atoms with Gasteiger partial charge in [-0.05, 0) is 0 Å². The molecular formula is C13H14BNO3. The average Bonchev–Trinajstić information content (AvgIpc) is 2.82. The van der Waals surface area contributed by atoms with Crippen molar-refractivity contribution in [2.75, 3.05) is 0 Å². The van der Waals surface area contributed by atoms with Crippen LogP contribution < -0.4 is 0 Å². The molecule has 1 aliphatic heterocycles. The number of carbonyl (C=O) groups is 1. The van der Waals surface area contributed by atoms with Gasteiger partial charge in [0.15, 0.2) is 0 Å². The Balaban J connectivity index is 2.07. The summed E-state index contributed by atoms with van der Waals surface area (Å²) < 4.78 is 15.6. The fraction of sp³-hybridized carbons (Fsp3) is 0.385. The first kappa shape index (κ1) is 12.7. The molecule has 1 aliphatic rings. The van der Waals surface area contributed by atoms with Crippen LogP contribution in [0.1, 0.15) is 18.4 Å². The molecule has 0 saturated carbocycles. The molecule has 1 aromatic carbocycles. The number of nitrogens with zero attached hydrogens (tertiary/aromatic N) is 1. The van der Waals surface area contributed by atoms with E-state index in [1.165, 1.54) is 6.11 Å². The zero-order valence-corrected chi connectivity index (χ0v) is 9.99. The van der Waals surface area contributed by atoms with Crippen molar-refractivity contribution in [3.8, 4) is 0 Å². The molecule has 2 unspecified atom stereocenters. The van der Waals surface area contributed by atoms with E-state index < -0.39 is 0 Å². The molecule has 18 heavy (non-hydrogen) atoms. The Hall–Kier alpha value is -1.78. The molecule has 0 N–H and O–H groups in total. The quantitative estimate of drug-likeness (QED) is 0.446. The van der Waals surface area contributed by atoms with Crippen LogP contribution in [0.15, 0.2) is 35.3 Å². The Labute approximate surface area is 106 Å². The van der Waals surface area contributed by atoms with E-state index in [2.05, 4.69) is 4.99 Å². The number of hydrogen-bond donors (Lipinski definition) is 0. The van der Waals surface area contributed by atoms with Gasteiger partial charge in [0.1, 0.15) is 0 Å². The second-order valence-corrected chi connectivity index (χ2v) is 4.26. The van der Waals surface area contributed by atoms with Crippen LogP contribution in [0.3, 0.4) is 0 Å². The molecule has 0 aromatic heterocycles. The summed E-state index contributed by atoms with van der Waals surface area (Å²) in [5, 5.41) is 0. The Morgan fingerprint density at radius 3 is 2.83 bits per heavy atom. The summed E-state index contributed by atoms with van der Waals surface area (Å²) in [7, 11) is 0.648. The number of cyclic esters (lactones) is 1. The van der Waals surface area contributed by atoms with Gasteiger partial charge in [-0.2, -0.15) is 0 Å². The van der Waals surface area contributed by atoms with Gasteiger partial charge < -0.3 is 0 Å². The average molecular weight is 243 g/mol. The van der Waals surface area contributed by atoms with Crippen molar-refractivity contribution in [2.24, 2.45) is 4.99 Å². The van der Waals surface area contributed by atoms with Gasteiger partial charge in [0.05, 0.1) is 0 Å². The molecule has 0 radical (unpaired) electrons. The normalized spacial score (nSPS) is 20.7. The molecule has 1 fully saturated rings. The van der Waals surface area contributed by atoms with Crippen molar-refractivity contribution in [3.63, 3.8) is 0 Å². The van der Waals surface area contributed by atoms with Crippen molar-refractivity contribution in [1.82, 2.24) is 0 Å². The summed E-state index contributed by atoms with van der Waals surface area (Å²) in [6, 6.07) is 9.68. The number of esters is 1. The molecule has 0 bridgehead atoms. The van der Waals surface area contributed by atoms with E-state index in [-0.39, 0.29) is 18.1 Å². The Bertz CT molecular complexity index is 447. The number of rotatable bonds is 5. The first-order chi connectivity index (χ1) is 8.79. The molecule has 1 aromatic rings. The van der Waals surface area contributed by atoms with Crippen molar-refractivity contribution >= 4 is 19.2 Å². The minimum absolute atomic E-state index is 0.177. The van der Waals surface area contributed by atoms with Gasteiger partial charge in [0, 0.05) is 0 Å². The van der Waals surface area contributed by atoms with E-state index in [9.17, 15) is 9.50 Å². The maximum absolute atomic E-state index is 11.1. The molecular weight excluding hydrogens is 229 g/mol. The summed E-state index contributed by atoms with van der Waals surface area (Å²) in [6.07, 6.45) is 2.80. The van der Waals surface area contributed by atoms with E-state index >= 15 is 0 Å². The Morgan fingerprint density at radius 1 is 1.44 bits per heavy atom. The third kappa shape index (κ3) is 3.36. The van der Waals surface area contributed by atoms with E-state index in [0.29, 0.717) is 26.4 Å². The van der Waals surface area contributed by atoms with E-state index in [4.69, 9.17) is 4.74 Å². The summed E-state index contributed by atoms with van der Waals surface area (Å²) in [5.74, 6) is -0.181. The van der Waals surface area contributed by atoms with Crippen LogP contribution in [0.5, 0.6) is 0 Å². The van der Waals surface area contributed by atoms with Gasteiger partial charge in [-0.3, -0.25) is 0 Å². The zero-order valence-electron chi connectivity index (χ0n) is 9.99. The topological polar surface area (TPSA) is 55.7 Å². The third-order valence-electron chi connectivity index (χ3n) is 2.97. The second-order valence-electron chi connectivity index (χ2n) is 4.26. The molecule has 92 valence electrons. The van der Waals surface area contributed by atoms with Crippen LogP contribution >= 0.6 is 0 Å². The predicted molar refractivity (Wildman–Crippen MR) is 68.0 cm³/mol. The van der Waals surface area contributed by atoms with Gasteiger partial charge in [0.25, 0.3) is 0 Å². The van der Waals surface area contributed by atoms with Crippen LogP contribution in [-0.2, 0) is 20.7 Å². The zero-order chi connectivity index (χ0) is 12.8. The molecule has 1 saturated heterocycles. The van der Waals surface area contributed by atoms with Crippen molar-refractivity contribution in [1.29, 1.82) is 0 Å². The maximum atomic E-state index is 11.1. The van der Waals surface area contributed by atoms with Crippen molar-refractivity contribution in [3.05, 3.63) is 35.9 Å². The number of ether oxygens (including phenoxy) is 1. The van der Waals surface area contributed by atoms with Gasteiger partial charge >= 0.3 is 106 Å². The molecule has 0 spiro atoms.